The Morgan fingerprint density at radius 1 is 1.29 bits per heavy atom. The molecular weight excluding hydrogens is 266 g/mol. The van der Waals surface area contributed by atoms with E-state index in [1.165, 1.54) is 0 Å². The van der Waals surface area contributed by atoms with Gasteiger partial charge in [-0.2, -0.15) is 0 Å². The molecular formula is C16H21N3O2. The van der Waals surface area contributed by atoms with Gasteiger partial charge in [-0.15, -0.1) is 0 Å². The monoisotopic (exact) mass is 287 g/mol. The van der Waals surface area contributed by atoms with Crippen LogP contribution in [0, 0.1) is 13.8 Å². The maximum Gasteiger partial charge on any atom is 0.224 e. The first-order valence-electron chi connectivity index (χ1n) is 7.02. The number of hydrogen-bond donors (Lipinski definition) is 1. The highest BCUT2D eigenvalue weighted by molar-refractivity contribution is 5.79. The van der Waals surface area contributed by atoms with Gasteiger partial charge in [-0.1, -0.05) is 23.4 Å². The third-order valence-electron chi connectivity index (χ3n) is 3.48. The van der Waals surface area contributed by atoms with Gasteiger partial charge < -0.3 is 14.7 Å². The third kappa shape index (κ3) is 4.08. The summed E-state index contributed by atoms with van der Waals surface area (Å²) in [6, 6.07) is 10.1. The van der Waals surface area contributed by atoms with E-state index in [1.54, 1.807) is 0 Å². The van der Waals surface area contributed by atoms with E-state index in [9.17, 15) is 4.79 Å². The molecule has 1 heterocycles. The number of nitrogens with zero attached hydrogens (tertiary/aromatic N) is 2. The van der Waals surface area contributed by atoms with Crippen LogP contribution in [0.5, 0.6) is 0 Å². The Labute approximate surface area is 124 Å². The van der Waals surface area contributed by atoms with E-state index in [-0.39, 0.29) is 5.91 Å². The SMILES string of the molecule is Cc1noc(C)c1CC(=O)NCCN(C)c1ccccc1. The molecule has 0 aliphatic heterocycles. The van der Waals surface area contributed by atoms with Gasteiger partial charge in [-0.05, 0) is 26.0 Å². The smallest absolute Gasteiger partial charge is 0.224 e. The normalized spacial score (nSPS) is 10.4. The lowest BCUT2D eigenvalue weighted by atomic mass is 10.1. The molecule has 0 aliphatic carbocycles. The molecule has 1 aromatic heterocycles. The van der Waals surface area contributed by atoms with Crippen molar-refractivity contribution in [3.8, 4) is 0 Å². The summed E-state index contributed by atoms with van der Waals surface area (Å²) in [5.74, 6) is 0.704. The number of carbonyl (C=O) groups excluding carboxylic acids is 1. The summed E-state index contributed by atoms with van der Waals surface area (Å²) in [5.41, 5.74) is 2.80. The quantitative estimate of drug-likeness (QED) is 0.884. The van der Waals surface area contributed by atoms with Crippen LogP contribution < -0.4 is 10.2 Å². The standard InChI is InChI=1S/C16H21N3O2/c1-12-15(13(2)21-18-12)11-16(20)17-9-10-19(3)14-7-5-4-6-8-14/h4-8H,9-11H2,1-3H3,(H,17,20). The van der Waals surface area contributed by atoms with E-state index in [0.29, 0.717) is 18.7 Å². The zero-order chi connectivity index (χ0) is 15.2. The minimum atomic E-state index is -0.00846. The van der Waals surface area contributed by atoms with Crippen molar-refractivity contribution in [3.63, 3.8) is 0 Å². The summed E-state index contributed by atoms with van der Waals surface area (Å²) in [6.45, 7) is 5.04. The molecule has 5 nitrogen and oxygen atoms in total. The summed E-state index contributed by atoms with van der Waals surface area (Å²) in [5, 5.41) is 6.78. The van der Waals surface area contributed by atoms with Crippen molar-refractivity contribution in [2.75, 3.05) is 25.0 Å². The van der Waals surface area contributed by atoms with Gasteiger partial charge in [0, 0.05) is 31.4 Å². The lowest BCUT2D eigenvalue weighted by Crippen LogP contribution is -2.33. The van der Waals surface area contributed by atoms with Crippen LogP contribution in [0.2, 0.25) is 0 Å². The number of anilines is 1. The molecule has 0 aliphatic rings. The molecule has 2 aromatic rings. The van der Waals surface area contributed by atoms with Gasteiger partial charge in [-0.25, -0.2) is 0 Å². The van der Waals surface area contributed by atoms with Gasteiger partial charge in [0.05, 0.1) is 12.1 Å². The number of carbonyl (C=O) groups is 1. The number of hydrogen-bond acceptors (Lipinski definition) is 4. The van der Waals surface area contributed by atoms with E-state index in [1.807, 2.05) is 51.2 Å². The molecule has 1 amide bonds. The van der Waals surface area contributed by atoms with Crippen molar-refractivity contribution in [1.29, 1.82) is 0 Å². The molecule has 0 saturated carbocycles. The van der Waals surface area contributed by atoms with Crippen molar-refractivity contribution >= 4 is 11.6 Å². The first kappa shape index (κ1) is 15.1. The lowest BCUT2D eigenvalue weighted by Gasteiger charge is -2.19. The van der Waals surface area contributed by atoms with Crippen molar-refractivity contribution in [3.05, 3.63) is 47.3 Å². The molecule has 0 unspecified atom stereocenters. The Bertz CT molecular complexity index is 573. The van der Waals surface area contributed by atoms with Crippen LogP contribution in [0.1, 0.15) is 17.0 Å². The van der Waals surface area contributed by atoms with Crippen molar-refractivity contribution in [2.45, 2.75) is 20.3 Å². The van der Waals surface area contributed by atoms with Crippen molar-refractivity contribution in [2.24, 2.45) is 0 Å². The van der Waals surface area contributed by atoms with E-state index >= 15 is 0 Å². The molecule has 1 N–H and O–H groups in total. The summed E-state index contributed by atoms with van der Waals surface area (Å²) < 4.78 is 5.06. The van der Waals surface area contributed by atoms with Gasteiger partial charge in [0.25, 0.3) is 0 Å². The van der Waals surface area contributed by atoms with Crippen LogP contribution in [0.25, 0.3) is 0 Å². The van der Waals surface area contributed by atoms with Crippen LogP contribution in [0.3, 0.4) is 0 Å². The van der Waals surface area contributed by atoms with Crippen molar-refractivity contribution in [1.82, 2.24) is 10.5 Å². The Balaban J connectivity index is 1.77. The van der Waals surface area contributed by atoms with E-state index in [4.69, 9.17) is 4.52 Å². The first-order valence-corrected chi connectivity index (χ1v) is 7.02. The van der Waals surface area contributed by atoms with Crippen molar-refractivity contribution < 1.29 is 9.32 Å². The number of aromatic nitrogens is 1. The predicted molar refractivity (Wildman–Crippen MR) is 82.4 cm³/mol. The molecule has 112 valence electrons. The number of para-hydroxylation sites is 1. The van der Waals surface area contributed by atoms with Gasteiger partial charge >= 0.3 is 0 Å². The second kappa shape index (κ2) is 6.92. The number of rotatable bonds is 6. The molecule has 1 aromatic carbocycles. The number of benzene rings is 1. The van der Waals surface area contributed by atoms with Gasteiger partial charge in [0.15, 0.2) is 0 Å². The zero-order valence-corrected chi connectivity index (χ0v) is 12.7. The maximum absolute atomic E-state index is 11.9. The molecule has 0 bridgehead atoms. The number of likely N-dealkylation sites (N-methyl/N-ethyl adjacent to an activating group) is 1. The second-order valence-electron chi connectivity index (χ2n) is 5.09. The number of nitrogens with one attached hydrogen (secondary N) is 1. The average molecular weight is 287 g/mol. The lowest BCUT2D eigenvalue weighted by molar-refractivity contribution is -0.120. The highest BCUT2D eigenvalue weighted by Gasteiger charge is 2.13. The molecule has 0 spiro atoms. The summed E-state index contributed by atoms with van der Waals surface area (Å²) in [6.07, 6.45) is 0.316. The highest BCUT2D eigenvalue weighted by atomic mass is 16.5. The minimum absolute atomic E-state index is 0.00846. The fraction of sp³-hybridized carbons (Fsp3) is 0.375. The Morgan fingerprint density at radius 3 is 2.62 bits per heavy atom. The van der Waals surface area contributed by atoms with E-state index < -0.39 is 0 Å². The molecule has 21 heavy (non-hydrogen) atoms. The van der Waals surface area contributed by atoms with Crippen LogP contribution in [-0.2, 0) is 11.2 Å². The summed E-state index contributed by atoms with van der Waals surface area (Å²) >= 11 is 0. The van der Waals surface area contributed by atoms with Gasteiger partial charge in [0.1, 0.15) is 5.76 Å². The molecule has 0 saturated heterocycles. The van der Waals surface area contributed by atoms with Crippen LogP contribution >= 0.6 is 0 Å². The number of amides is 1. The Morgan fingerprint density at radius 2 is 2.00 bits per heavy atom. The van der Waals surface area contributed by atoms with Crippen LogP contribution in [0.15, 0.2) is 34.9 Å². The average Bonchev–Trinajstić information content (AvgIpc) is 2.80. The van der Waals surface area contributed by atoms with Gasteiger partial charge in [-0.3, -0.25) is 4.79 Å². The molecule has 5 heteroatoms. The Kier molecular flexibility index (Phi) is 4.98. The Hall–Kier alpha value is -2.30. The summed E-state index contributed by atoms with van der Waals surface area (Å²) in [4.78, 5) is 14.0. The largest absolute Gasteiger partial charge is 0.373 e. The molecule has 0 fully saturated rings. The van der Waals surface area contributed by atoms with E-state index in [2.05, 4.69) is 15.4 Å². The molecule has 0 atom stereocenters. The zero-order valence-electron chi connectivity index (χ0n) is 12.7. The fourth-order valence-electron chi connectivity index (χ4n) is 2.15. The minimum Gasteiger partial charge on any atom is -0.373 e. The highest BCUT2D eigenvalue weighted by Crippen LogP contribution is 2.12. The predicted octanol–water partition coefficient (Wildman–Crippen LogP) is 2.09. The number of aryl methyl sites for hydroxylation is 2. The van der Waals surface area contributed by atoms with Crippen LogP contribution in [0.4, 0.5) is 5.69 Å². The maximum atomic E-state index is 11.9. The van der Waals surface area contributed by atoms with E-state index in [0.717, 1.165) is 23.5 Å². The molecule has 2 rings (SSSR count). The molecule has 0 radical (unpaired) electrons. The topological polar surface area (TPSA) is 58.4 Å². The van der Waals surface area contributed by atoms with Crippen LogP contribution in [-0.4, -0.2) is 31.2 Å². The third-order valence-corrected chi connectivity index (χ3v) is 3.48. The second-order valence-corrected chi connectivity index (χ2v) is 5.09. The summed E-state index contributed by atoms with van der Waals surface area (Å²) in [7, 11) is 2.01. The fourth-order valence-corrected chi connectivity index (χ4v) is 2.15. The van der Waals surface area contributed by atoms with Gasteiger partial charge in [0.2, 0.25) is 5.91 Å². The first-order chi connectivity index (χ1) is 10.1.